The molecule has 1 rings (SSSR count). The van der Waals surface area contributed by atoms with Crippen molar-refractivity contribution in [2.45, 2.75) is 46.5 Å². The number of hydrogen-bond donors (Lipinski definition) is 0. The molecule has 4 heteroatoms. The highest BCUT2D eigenvalue weighted by atomic mass is 16.5. The van der Waals surface area contributed by atoms with E-state index in [1.54, 1.807) is 13.8 Å². The van der Waals surface area contributed by atoms with Crippen LogP contribution in [0.1, 0.15) is 61.7 Å². The number of carbonyl (C=O) groups excluding carboxylic acids is 1. The zero-order valence-corrected chi connectivity index (χ0v) is 10.4. The number of carbonyl (C=O) groups is 1. The first-order valence-corrected chi connectivity index (χ1v) is 5.74. The van der Waals surface area contributed by atoms with Gasteiger partial charge in [-0.1, -0.05) is 20.3 Å². The number of hydrogen-bond acceptors (Lipinski definition) is 4. The van der Waals surface area contributed by atoms with E-state index >= 15 is 0 Å². The molecule has 90 valence electrons. The number of rotatable bonds is 5. The molecule has 0 N–H and O–H groups in total. The number of oxazole rings is 1. The van der Waals surface area contributed by atoms with Gasteiger partial charge in [-0.25, -0.2) is 9.78 Å². The van der Waals surface area contributed by atoms with Crippen LogP contribution in [0.15, 0.2) is 4.42 Å². The molecular formula is C12H19NO3. The first kappa shape index (κ1) is 12.7. The standard InChI is InChI=1S/C12H19NO3/c1-5-7-8(3)11-13-9(4)10(16-11)12(14)15-6-2/h8H,5-7H2,1-4H3. The van der Waals surface area contributed by atoms with Crippen molar-refractivity contribution in [2.24, 2.45) is 0 Å². The van der Waals surface area contributed by atoms with Gasteiger partial charge >= 0.3 is 5.97 Å². The minimum absolute atomic E-state index is 0.236. The van der Waals surface area contributed by atoms with Gasteiger partial charge in [-0.3, -0.25) is 0 Å². The third-order valence-corrected chi connectivity index (χ3v) is 2.42. The van der Waals surface area contributed by atoms with E-state index in [9.17, 15) is 4.79 Å². The predicted octanol–water partition coefficient (Wildman–Crippen LogP) is 3.06. The van der Waals surface area contributed by atoms with Crippen LogP contribution in [-0.2, 0) is 4.74 Å². The lowest BCUT2D eigenvalue weighted by Gasteiger charge is -2.03. The van der Waals surface area contributed by atoms with Crippen LogP contribution in [-0.4, -0.2) is 17.6 Å². The smallest absolute Gasteiger partial charge is 0.376 e. The molecule has 0 saturated carbocycles. The third kappa shape index (κ3) is 2.84. The number of nitrogens with zero attached hydrogens (tertiary/aromatic N) is 1. The number of aryl methyl sites for hydroxylation is 1. The van der Waals surface area contributed by atoms with Gasteiger partial charge in [0.05, 0.1) is 12.3 Å². The van der Waals surface area contributed by atoms with E-state index in [1.807, 2.05) is 6.92 Å². The zero-order chi connectivity index (χ0) is 12.1. The lowest BCUT2D eigenvalue weighted by atomic mass is 10.1. The summed E-state index contributed by atoms with van der Waals surface area (Å²) in [4.78, 5) is 15.8. The van der Waals surface area contributed by atoms with Crippen LogP contribution in [0, 0.1) is 6.92 Å². The minimum Gasteiger partial charge on any atom is -0.460 e. The zero-order valence-electron chi connectivity index (χ0n) is 10.4. The number of aromatic nitrogens is 1. The molecule has 0 fully saturated rings. The first-order valence-electron chi connectivity index (χ1n) is 5.74. The average Bonchev–Trinajstić information content (AvgIpc) is 2.61. The number of esters is 1. The highest BCUT2D eigenvalue weighted by Crippen LogP contribution is 2.22. The van der Waals surface area contributed by atoms with Crippen LogP contribution >= 0.6 is 0 Å². The van der Waals surface area contributed by atoms with Gasteiger partial charge in [-0.05, 0) is 20.3 Å². The molecule has 1 atom stereocenters. The van der Waals surface area contributed by atoms with Gasteiger partial charge in [-0.15, -0.1) is 0 Å². The van der Waals surface area contributed by atoms with Gasteiger partial charge in [-0.2, -0.15) is 0 Å². The van der Waals surface area contributed by atoms with E-state index < -0.39 is 5.97 Å². The van der Waals surface area contributed by atoms with Crippen molar-refractivity contribution in [3.8, 4) is 0 Å². The normalized spacial score (nSPS) is 12.5. The van der Waals surface area contributed by atoms with Crippen LogP contribution < -0.4 is 0 Å². The first-order chi connectivity index (χ1) is 7.60. The molecule has 0 amide bonds. The summed E-state index contributed by atoms with van der Waals surface area (Å²) >= 11 is 0. The van der Waals surface area contributed by atoms with Crippen molar-refractivity contribution < 1.29 is 13.9 Å². The fourth-order valence-electron chi connectivity index (χ4n) is 1.57. The molecule has 0 radical (unpaired) electrons. The predicted molar refractivity (Wildman–Crippen MR) is 60.5 cm³/mol. The summed E-state index contributed by atoms with van der Waals surface area (Å²) in [7, 11) is 0. The maximum absolute atomic E-state index is 11.5. The molecule has 4 nitrogen and oxygen atoms in total. The molecule has 1 aromatic rings. The fourth-order valence-corrected chi connectivity index (χ4v) is 1.57. The Morgan fingerprint density at radius 3 is 2.75 bits per heavy atom. The summed E-state index contributed by atoms with van der Waals surface area (Å²) in [5.41, 5.74) is 0.608. The molecule has 0 aromatic carbocycles. The molecule has 0 bridgehead atoms. The van der Waals surface area contributed by atoms with Crippen molar-refractivity contribution in [1.29, 1.82) is 0 Å². The lowest BCUT2D eigenvalue weighted by Crippen LogP contribution is -2.04. The molecule has 0 aliphatic carbocycles. The molecule has 1 unspecified atom stereocenters. The molecule has 0 saturated heterocycles. The van der Waals surface area contributed by atoms with Crippen LogP contribution in [0.4, 0.5) is 0 Å². The van der Waals surface area contributed by atoms with Gasteiger partial charge in [0.25, 0.3) is 0 Å². The van der Waals surface area contributed by atoms with Gasteiger partial charge in [0, 0.05) is 5.92 Å². The highest BCUT2D eigenvalue weighted by molar-refractivity contribution is 5.87. The topological polar surface area (TPSA) is 52.3 Å². The molecule has 1 aromatic heterocycles. The monoisotopic (exact) mass is 225 g/mol. The molecule has 1 heterocycles. The van der Waals surface area contributed by atoms with Gasteiger partial charge in [0.15, 0.2) is 5.89 Å². The third-order valence-electron chi connectivity index (χ3n) is 2.42. The Labute approximate surface area is 96.0 Å². The quantitative estimate of drug-likeness (QED) is 0.723. The summed E-state index contributed by atoms with van der Waals surface area (Å²) in [5.74, 6) is 0.677. The Hall–Kier alpha value is -1.32. The number of ether oxygens (including phenoxy) is 1. The lowest BCUT2D eigenvalue weighted by molar-refractivity contribution is 0.0486. The Morgan fingerprint density at radius 2 is 2.19 bits per heavy atom. The summed E-state index contributed by atoms with van der Waals surface area (Å²) in [6.07, 6.45) is 2.07. The van der Waals surface area contributed by atoms with Crippen molar-refractivity contribution in [2.75, 3.05) is 6.61 Å². The van der Waals surface area contributed by atoms with Crippen molar-refractivity contribution >= 4 is 5.97 Å². The second-order valence-corrected chi connectivity index (χ2v) is 3.88. The van der Waals surface area contributed by atoms with Crippen LogP contribution in [0.5, 0.6) is 0 Å². The minimum atomic E-state index is -0.428. The van der Waals surface area contributed by atoms with Crippen LogP contribution in [0.25, 0.3) is 0 Å². The van der Waals surface area contributed by atoms with Crippen LogP contribution in [0.3, 0.4) is 0 Å². The average molecular weight is 225 g/mol. The van der Waals surface area contributed by atoms with E-state index in [2.05, 4.69) is 11.9 Å². The fraction of sp³-hybridized carbons (Fsp3) is 0.667. The van der Waals surface area contributed by atoms with Crippen molar-refractivity contribution in [1.82, 2.24) is 4.98 Å². The molecular weight excluding hydrogens is 206 g/mol. The molecule has 16 heavy (non-hydrogen) atoms. The molecule has 0 aliphatic rings. The molecule has 0 aliphatic heterocycles. The summed E-state index contributed by atoms with van der Waals surface area (Å²) in [5, 5.41) is 0. The van der Waals surface area contributed by atoms with Gasteiger partial charge in [0.2, 0.25) is 5.76 Å². The second kappa shape index (κ2) is 5.68. The van der Waals surface area contributed by atoms with Gasteiger partial charge < -0.3 is 9.15 Å². The highest BCUT2D eigenvalue weighted by Gasteiger charge is 2.20. The second-order valence-electron chi connectivity index (χ2n) is 3.88. The summed E-state index contributed by atoms with van der Waals surface area (Å²) < 4.78 is 10.3. The Bertz CT molecular complexity index is 357. The van der Waals surface area contributed by atoms with E-state index in [0.29, 0.717) is 18.2 Å². The largest absolute Gasteiger partial charge is 0.460 e. The molecule has 0 spiro atoms. The Morgan fingerprint density at radius 1 is 1.50 bits per heavy atom. The van der Waals surface area contributed by atoms with E-state index in [-0.39, 0.29) is 11.7 Å². The Kier molecular flexibility index (Phi) is 4.52. The van der Waals surface area contributed by atoms with Crippen LogP contribution in [0.2, 0.25) is 0 Å². The van der Waals surface area contributed by atoms with E-state index in [0.717, 1.165) is 12.8 Å². The summed E-state index contributed by atoms with van der Waals surface area (Å²) in [6, 6.07) is 0. The Balaban J connectivity index is 2.84. The van der Waals surface area contributed by atoms with Crippen molar-refractivity contribution in [3.05, 3.63) is 17.3 Å². The summed E-state index contributed by atoms with van der Waals surface area (Å²) in [6.45, 7) is 8.03. The van der Waals surface area contributed by atoms with E-state index in [4.69, 9.17) is 9.15 Å². The SMILES string of the molecule is CCCC(C)c1nc(C)c(C(=O)OCC)o1. The maximum atomic E-state index is 11.5. The van der Waals surface area contributed by atoms with E-state index in [1.165, 1.54) is 0 Å². The van der Waals surface area contributed by atoms with Gasteiger partial charge in [0.1, 0.15) is 0 Å². The van der Waals surface area contributed by atoms with Crippen molar-refractivity contribution in [3.63, 3.8) is 0 Å². The maximum Gasteiger partial charge on any atom is 0.376 e.